The Morgan fingerprint density at radius 1 is 1.53 bits per heavy atom. The maximum Gasteiger partial charge on any atom is 0.137 e. The molecule has 1 aliphatic rings. The highest BCUT2D eigenvalue weighted by Gasteiger charge is 2.25. The van der Waals surface area contributed by atoms with E-state index in [9.17, 15) is 0 Å². The first kappa shape index (κ1) is 12.1. The molecule has 1 unspecified atom stereocenters. The zero-order valence-electron chi connectivity index (χ0n) is 10.5. The van der Waals surface area contributed by atoms with Gasteiger partial charge in [0.25, 0.3) is 0 Å². The third-order valence-electron chi connectivity index (χ3n) is 3.23. The van der Waals surface area contributed by atoms with E-state index in [1.54, 1.807) is 13.4 Å². The molecule has 94 valence electrons. The van der Waals surface area contributed by atoms with Crippen LogP contribution in [0.25, 0.3) is 0 Å². The Balaban J connectivity index is 2.23. The molecule has 1 atom stereocenters. The molecule has 0 saturated carbocycles. The van der Waals surface area contributed by atoms with E-state index >= 15 is 0 Å². The second-order valence-corrected chi connectivity index (χ2v) is 4.40. The summed E-state index contributed by atoms with van der Waals surface area (Å²) in [5, 5.41) is 0. The van der Waals surface area contributed by atoms with E-state index < -0.39 is 0 Å². The number of nitrogens with zero attached hydrogens (tertiary/aromatic N) is 3. The fourth-order valence-corrected chi connectivity index (χ4v) is 2.29. The van der Waals surface area contributed by atoms with Gasteiger partial charge in [-0.15, -0.1) is 0 Å². The lowest BCUT2D eigenvalue weighted by Gasteiger charge is -2.20. The van der Waals surface area contributed by atoms with E-state index in [-0.39, 0.29) is 0 Å². The molecule has 1 saturated heterocycles. The smallest absolute Gasteiger partial charge is 0.137 e. The molecule has 2 rings (SSSR count). The Hall–Kier alpha value is -1.36. The second kappa shape index (κ2) is 5.31. The highest BCUT2D eigenvalue weighted by atomic mass is 16.5. The van der Waals surface area contributed by atoms with Crippen LogP contribution in [0.4, 0.5) is 11.6 Å². The van der Waals surface area contributed by atoms with Gasteiger partial charge < -0.3 is 15.4 Å². The molecule has 17 heavy (non-hydrogen) atoms. The number of nitrogen functional groups attached to an aromatic ring is 1. The average Bonchev–Trinajstić information content (AvgIpc) is 2.80. The van der Waals surface area contributed by atoms with Gasteiger partial charge in [0, 0.05) is 25.8 Å². The molecular formula is C12H20N4O. The number of hydrogen-bond donors (Lipinski definition) is 1. The van der Waals surface area contributed by atoms with Crippen molar-refractivity contribution in [1.29, 1.82) is 0 Å². The lowest BCUT2D eigenvalue weighted by molar-refractivity contribution is 0.121. The van der Waals surface area contributed by atoms with Gasteiger partial charge in [0.15, 0.2) is 0 Å². The van der Waals surface area contributed by atoms with E-state index in [1.807, 2.05) is 0 Å². The van der Waals surface area contributed by atoms with Crippen molar-refractivity contribution in [3.63, 3.8) is 0 Å². The zero-order valence-corrected chi connectivity index (χ0v) is 10.5. The Labute approximate surface area is 102 Å². The number of ether oxygens (including phenoxy) is 1. The molecular weight excluding hydrogens is 216 g/mol. The minimum Gasteiger partial charge on any atom is -0.383 e. The molecule has 1 aromatic rings. The first-order valence-electron chi connectivity index (χ1n) is 6.13. The third-order valence-corrected chi connectivity index (χ3v) is 3.23. The number of aromatic nitrogens is 2. The van der Waals surface area contributed by atoms with Crippen LogP contribution < -0.4 is 10.6 Å². The summed E-state index contributed by atoms with van der Waals surface area (Å²) >= 11 is 0. The summed E-state index contributed by atoms with van der Waals surface area (Å²) in [6.07, 6.45) is 4.87. The molecule has 5 heteroatoms. The van der Waals surface area contributed by atoms with Crippen LogP contribution in [0.15, 0.2) is 6.33 Å². The molecule has 0 spiro atoms. The first-order valence-corrected chi connectivity index (χ1v) is 6.13. The fourth-order valence-electron chi connectivity index (χ4n) is 2.29. The molecule has 2 N–H and O–H groups in total. The van der Waals surface area contributed by atoms with E-state index in [1.165, 1.54) is 0 Å². The Kier molecular flexibility index (Phi) is 3.78. The van der Waals surface area contributed by atoms with Crippen LogP contribution in [0, 0.1) is 0 Å². The summed E-state index contributed by atoms with van der Waals surface area (Å²) in [7, 11) is 1.76. The molecule has 0 radical (unpaired) electrons. The van der Waals surface area contributed by atoms with Gasteiger partial charge in [0.05, 0.1) is 6.10 Å². The predicted octanol–water partition coefficient (Wildman–Crippen LogP) is 1.24. The molecule has 1 fully saturated rings. The van der Waals surface area contributed by atoms with Crippen molar-refractivity contribution >= 4 is 11.6 Å². The summed E-state index contributed by atoms with van der Waals surface area (Å²) in [6.45, 7) is 4.01. The molecule has 1 aliphatic heterocycles. The van der Waals surface area contributed by atoms with Gasteiger partial charge >= 0.3 is 0 Å². The van der Waals surface area contributed by atoms with E-state index in [2.05, 4.69) is 21.8 Å². The van der Waals surface area contributed by atoms with Crippen LogP contribution in [0.3, 0.4) is 0 Å². The summed E-state index contributed by atoms with van der Waals surface area (Å²) in [6, 6.07) is 0. The minimum atomic E-state index is 0.306. The van der Waals surface area contributed by atoms with Crippen molar-refractivity contribution in [2.45, 2.75) is 32.3 Å². The lowest BCUT2D eigenvalue weighted by Crippen LogP contribution is -2.25. The van der Waals surface area contributed by atoms with Crippen molar-refractivity contribution in [2.75, 3.05) is 30.8 Å². The molecule has 1 aromatic heterocycles. The molecule has 5 nitrogen and oxygen atoms in total. The maximum absolute atomic E-state index is 5.93. The van der Waals surface area contributed by atoms with Gasteiger partial charge in [-0.05, 0) is 12.8 Å². The normalized spacial score (nSPS) is 19.9. The summed E-state index contributed by atoms with van der Waals surface area (Å²) < 4.78 is 5.38. The van der Waals surface area contributed by atoms with Crippen LogP contribution in [0.5, 0.6) is 0 Å². The van der Waals surface area contributed by atoms with Crippen LogP contribution in [0.2, 0.25) is 0 Å². The van der Waals surface area contributed by atoms with Gasteiger partial charge in [-0.25, -0.2) is 9.97 Å². The van der Waals surface area contributed by atoms with Crippen molar-refractivity contribution in [3.8, 4) is 0 Å². The number of nitrogens with two attached hydrogens (primary N) is 1. The molecule has 0 aliphatic carbocycles. The van der Waals surface area contributed by atoms with Crippen LogP contribution in [-0.2, 0) is 11.2 Å². The van der Waals surface area contributed by atoms with E-state index in [4.69, 9.17) is 10.5 Å². The van der Waals surface area contributed by atoms with Crippen molar-refractivity contribution < 1.29 is 4.74 Å². The van der Waals surface area contributed by atoms with Gasteiger partial charge in [-0.2, -0.15) is 0 Å². The molecule has 0 amide bonds. The quantitative estimate of drug-likeness (QED) is 0.852. The minimum absolute atomic E-state index is 0.306. The Morgan fingerprint density at radius 2 is 2.35 bits per heavy atom. The summed E-state index contributed by atoms with van der Waals surface area (Å²) in [5.74, 6) is 1.59. The maximum atomic E-state index is 5.93. The van der Waals surface area contributed by atoms with Gasteiger partial charge in [-0.1, -0.05) is 13.3 Å². The fraction of sp³-hybridized carbons (Fsp3) is 0.667. The van der Waals surface area contributed by atoms with Gasteiger partial charge in [-0.3, -0.25) is 0 Å². The van der Waals surface area contributed by atoms with Crippen LogP contribution >= 0.6 is 0 Å². The summed E-state index contributed by atoms with van der Waals surface area (Å²) in [5.41, 5.74) is 7.01. The molecule has 0 bridgehead atoms. The monoisotopic (exact) mass is 236 g/mol. The highest BCUT2D eigenvalue weighted by Crippen LogP contribution is 2.26. The zero-order chi connectivity index (χ0) is 12.3. The number of rotatable bonds is 4. The number of anilines is 2. The number of hydrogen-bond acceptors (Lipinski definition) is 5. The largest absolute Gasteiger partial charge is 0.383 e. The Morgan fingerprint density at radius 3 is 3.00 bits per heavy atom. The molecule has 0 aromatic carbocycles. The van der Waals surface area contributed by atoms with E-state index in [0.717, 1.165) is 43.7 Å². The topological polar surface area (TPSA) is 64.3 Å². The summed E-state index contributed by atoms with van der Waals surface area (Å²) in [4.78, 5) is 10.7. The standard InChI is InChI=1S/C12H20N4O/c1-3-4-10-11(13)14-8-15-12(10)16-6-5-9(7-16)17-2/h8-9H,3-7H2,1-2H3,(H2,13,14,15). The highest BCUT2D eigenvalue weighted by molar-refractivity contribution is 5.57. The second-order valence-electron chi connectivity index (χ2n) is 4.40. The van der Waals surface area contributed by atoms with Gasteiger partial charge in [0.1, 0.15) is 18.0 Å². The third kappa shape index (κ3) is 2.49. The average molecular weight is 236 g/mol. The van der Waals surface area contributed by atoms with Crippen molar-refractivity contribution in [2.24, 2.45) is 0 Å². The Bertz CT molecular complexity index is 383. The SMILES string of the molecule is CCCc1c(N)ncnc1N1CCC(OC)C1. The van der Waals surface area contributed by atoms with Crippen LogP contribution in [0.1, 0.15) is 25.3 Å². The van der Waals surface area contributed by atoms with Crippen molar-refractivity contribution in [3.05, 3.63) is 11.9 Å². The van der Waals surface area contributed by atoms with E-state index in [0.29, 0.717) is 11.9 Å². The number of methoxy groups -OCH3 is 1. The molecule has 2 heterocycles. The van der Waals surface area contributed by atoms with Crippen molar-refractivity contribution in [1.82, 2.24) is 9.97 Å². The predicted molar refractivity (Wildman–Crippen MR) is 68.1 cm³/mol. The first-order chi connectivity index (χ1) is 8.26. The van der Waals surface area contributed by atoms with Gasteiger partial charge in [0.2, 0.25) is 0 Å². The van der Waals surface area contributed by atoms with Crippen LogP contribution in [-0.4, -0.2) is 36.3 Å². The lowest BCUT2D eigenvalue weighted by atomic mass is 10.1.